The second-order valence-electron chi connectivity index (χ2n) is 3.54. The van der Waals surface area contributed by atoms with Crippen molar-refractivity contribution >= 4 is 16.9 Å². The molecule has 3 N–H and O–H groups in total. The number of hydrogen-bond acceptors (Lipinski definition) is 4. The van der Waals surface area contributed by atoms with Crippen LogP contribution in [0.3, 0.4) is 0 Å². The SMILES string of the molecule is CNCCc1nc(N)nc2ccc(F)cc12. The number of likely N-dealkylation sites (N-methyl/N-ethyl adjacent to an activating group) is 1. The van der Waals surface area contributed by atoms with Gasteiger partial charge < -0.3 is 11.1 Å². The molecule has 0 unspecified atom stereocenters. The van der Waals surface area contributed by atoms with E-state index in [4.69, 9.17) is 5.73 Å². The van der Waals surface area contributed by atoms with Crippen LogP contribution in [0.4, 0.5) is 10.3 Å². The lowest BCUT2D eigenvalue weighted by Crippen LogP contribution is -2.12. The number of benzene rings is 1. The Morgan fingerprint density at radius 1 is 1.38 bits per heavy atom. The molecule has 0 bridgehead atoms. The number of fused-ring (bicyclic) bond motifs is 1. The summed E-state index contributed by atoms with van der Waals surface area (Å²) in [5.41, 5.74) is 7.05. The maximum absolute atomic E-state index is 13.1. The maximum atomic E-state index is 13.1. The van der Waals surface area contributed by atoms with Crippen LogP contribution in [0, 0.1) is 5.82 Å². The van der Waals surface area contributed by atoms with Gasteiger partial charge in [-0.05, 0) is 25.2 Å². The highest BCUT2D eigenvalue weighted by atomic mass is 19.1. The van der Waals surface area contributed by atoms with Crippen molar-refractivity contribution in [2.24, 2.45) is 0 Å². The Morgan fingerprint density at radius 2 is 2.19 bits per heavy atom. The van der Waals surface area contributed by atoms with Gasteiger partial charge in [0.05, 0.1) is 11.2 Å². The van der Waals surface area contributed by atoms with E-state index in [0.29, 0.717) is 11.9 Å². The normalized spacial score (nSPS) is 10.9. The van der Waals surface area contributed by atoms with Gasteiger partial charge in [0.1, 0.15) is 5.82 Å². The van der Waals surface area contributed by atoms with E-state index in [1.807, 2.05) is 7.05 Å². The lowest BCUT2D eigenvalue weighted by Gasteiger charge is -2.06. The molecule has 0 aliphatic rings. The van der Waals surface area contributed by atoms with Crippen LogP contribution in [-0.4, -0.2) is 23.6 Å². The van der Waals surface area contributed by atoms with Gasteiger partial charge in [0.25, 0.3) is 0 Å². The second-order valence-corrected chi connectivity index (χ2v) is 3.54. The van der Waals surface area contributed by atoms with Gasteiger partial charge >= 0.3 is 0 Å². The first-order valence-corrected chi connectivity index (χ1v) is 5.07. The summed E-state index contributed by atoms with van der Waals surface area (Å²) in [6.07, 6.45) is 0.698. The summed E-state index contributed by atoms with van der Waals surface area (Å²) < 4.78 is 13.1. The number of nitrogens with zero attached hydrogens (tertiary/aromatic N) is 2. The van der Waals surface area contributed by atoms with Gasteiger partial charge in [-0.25, -0.2) is 14.4 Å². The number of anilines is 1. The molecule has 0 fully saturated rings. The van der Waals surface area contributed by atoms with Crippen LogP contribution in [0.15, 0.2) is 18.2 Å². The predicted octanol–water partition coefficient (Wildman–Crippen LogP) is 1.11. The van der Waals surface area contributed by atoms with Gasteiger partial charge in [-0.1, -0.05) is 0 Å². The Balaban J connectivity index is 2.55. The molecule has 2 rings (SSSR count). The molecule has 0 atom stereocenters. The van der Waals surface area contributed by atoms with Crippen molar-refractivity contribution in [2.75, 3.05) is 19.3 Å². The van der Waals surface area contributed by atoms with Crippen LogP contribution in [0.2, 0.25) is 0 Å². The van der Waals surface area contributed by atoms with Crippen molar-refractivity contribution in [1.82, 2.24) is 15.3 Å². The molecule has 1 aromatic carbocycles. The second kappa shape index (κ2) is 4.40. The van der Waals surface area contributed by atoms with E-state index in [1.165, 1.54) is 12.1 Å². The monoisotopic (exact) mass is 220 g/mol. The van der Waals surface area contributed by atoms with Crippen LogP contribution >= 0.6 is 0 Å². The minimum absolute atomic E-state index is 0.227. The van der Waals surface area contributed by atoms with Crippen LogP contribution in [0.1, 0.15) is 5.69 Å². The van der Waals surface area contributed by atoms with E-state index >= 15 is 0 Å². The minimum atomic E-state index is -0.286. The summed E-state index contributed by atoms with van der Waals surface area (Å²) >= 11 is 0. The largest absolute Gasteiger partial charge is 0.368 e. The lowest BCUT2D eigenvalue weighted by molar-refractivity contribution is 0.629. The van der Waals surface area contributed by atoms with Gasteiger partial charge in [0, 0.05) is 18.4 Å². The van der Waals surface area contributed by atoms with Gasteiger partial charge in [-0.2, -0.15) is 0 Å². The van der Waals surface area contributed by atoms with Crippen molar-refractivity contribution in [3.05, 3.63) is 29.7 Å². The zero-order valence-electron chi connectivity index (χ0n) is 9.00. The molecule has 4 nitrogen and oxygen atoms in total. The number of nitrogens with two attached hydrogens (primary N) is 1. The molecule has 0 radical (unpaired) electrons. The summed E-state index contributed by atoms with van der Waals surface area (Å²) in [6, 6.07) is 4.43. The van der Waals surface area contributed by atoms with E-state index in [2.05, 4.69) is 15.3 Å². The Bertz CT molecular complexity index is 513. The van der Waals surface area contributed by atoms with Crippen LogP contribution in [0.5, 0.6) is 0 Å². The summed E-state index contributed by atoms with van der Waals surface area (Å²) in [5, 5.41) is 3.75. The third-order valence-corrected chi connectivity index (χ3v) is 2.37. The molecule has 0 saturated carbocycles. The minimum Gasteiger partial charge on any atom is -0.368 e. The zero-order valence-corrected chi connectivity index (χ0v) is 9.00. The first-order valence-electron chi connectivity index (χ1n) is 5.07. The quantitative estimate of drug-likeness (QED) is 0.813. The molecule has 84 valence electrons. The molecule has 1 heterocycles. The van der Waals surface area contributed by atoms with Crippen LogP contribution in [-0.2, 0) is 6.42 Å². The van der Waals surface area contributed by atoms with Gasteiger partial charge in [0.2, 0.25) is 5.95 Å². The molecule has 5 heteroatoms. The molecule has 0 aliphatic heterocycles. The Morgan fingerprint density at radius 3 is 2.94 bits per heavy atom. The highest BCUT2D eigenvalue weighted by Gasteiger charge is 2.06. The fourth-order valence-corrected chi connectivity index (χ4v) is 1.62. The summed E-state index contributed by atoms with van der Waals surface area (Å²) in [7, 11) is 1.85. The first kappa shape index (κ1) is 10.8. The average molecular weight is 220 g/mol. The number of rotatable bonds is 3. The molecular weight excluding hydrogens is 207 g/mol. The topological polar surface area (TPSA) is 63.8 Å². The summed E-state index contributed by atoms with van der Waals surface area (Å²) in [4.78, 5) is 8.21. The molecule has 0 saturated heterocycles. The van der Waals surface area contributed by atoms with Crippen LogP contribution in [0.25, 0.3) is 10.9 Å². The number of nitrogens with one attached hydrogen (secondary N) is 1. The molecule has 1 aromatic heterocycles. The lowest BCUT2D eigenvalue weighted by atomic mass is 10.1. The molecular formula is C11H13FN4. The van der Waals surface area contributed by atoms with Crippen LogP contribution < -0.4 is 11.1 Å². The van der Waals surface area contributed by atoms with Crippen molar-refractivity contribution in [2.45, 2.75) is 6.42 Å². The van der Waals surface area contributed by atoms with Gasteiger partial charge in [-0.15, -0.1) is 0 Å². The Kier molecular flexibility index (Phi) is 2.96. The average Bonchev–Trinajstić information content (AvgIpc) is 2.26. The number of aromatic nitrogens is 2. The fraction of sp³-hybridized carbons (Fsp3) is 0.273. The van der Waals surface area contributed by atoms with E-state index in [-0.39, 0.29) is 11.8 Å². The summed E-state index contributed by atoms with van der Waals surface area (Å²) in [5.74, 6) is -0.0585. The van der Waals surface area contributed by atoms with E-state index in [1.54, 1.807) is 6.07 Å². The van der Waals surface area contributed by atoms with E-state index in [0.717, 1.165) is 17.6 Å². The molecule has 0 amide bonds. The highest BCUT2D eigenvalue weighted by molar-refractivity contribution is 5.81. The third-order valence-electron chi connectivity index (χ3n) is 2.37. The fourth-order valence-electron chi connectivity index (χ4n) is 1.62. The van der Waals surface area contributed by atoms with E-state index < -0.39 is 0 Å². The number of hydrogen-bond donors (Lipinski definition) is 2. The highest BCUT2D eigenvalue weighted by Crippen LogP contribution is 2.18. The van der Waals surface area contributed by atoms with Crippen molar-refractivity contribution in [3.63, 3.8) is 0 Å². The third kappa shape index (κ3) is 2.09. The van der Waals surface area contributed by atoms with Gasteiger partial charge in [0.15, 0.2) is 0 Å². The molecule has 0 spiro atoms. The van der Waals surface area contributed by atoms with Gasteiger partial charge in [-0.3, -0.25) is 0 Å². The van der Waals surface area contributed by atoms with Crippen molar-refractivity contribution < 1.29 is 4.39 Å². The van der Waals surface area contributed by atoms with Crippen molar-refractivity contribution in [3.8, 4) is 0 Å². The Hall–Kier alpha value is -1.75. The first-order chi connectivity index (χ1) is 7.70. The zero-order chi connectivity index (χ0) is 11.5. The number of nitrogen functional groups attached to an aromatic ring is 1. The predicted molar refractivity (Wildman–Crippen MR) is 61.5 cm³/mol. The smallest absolute Gasteiger partial charge is 0.220 e. The molecule has 16 heavy (non-hydrogen) atoms. The molecule has 2 aromatic rings. The standard InChI is InChI=1S/C11H13FN4/c1-14-5-4-10-8-6-7(12)2-3-9(8)15-11(13)16-10/h2-3,6,14H,4-5H2,1H3,(H2,13,15,16). The van der Waals surface area contributed by atoms with Crippen molar-refractivity contribution in [1.29, 1.82) is 0 Å². The molecule has 0 aliphatic carbocycles. The van der Waals surface area contributed by atoms with E-state index in [9.17, 15) is 4.39 Å². The Labute approximate surface area is 92.7 Å². The number of halogens is 1. The summed E-state index contributed by atoms with van der Waals surface area (Å²) in [6.45, 7) is 0.766. The maximum Gasteiger partial charge on any atom is 0.220 e.